The molecule has 0 saturated carbocycles. The van der Waals surface area contributed by atoms with Gasteiger partial charge in [0.1, 0.15) is 0 Å². The van der Waals surface area contributed by atoms with Crippen LogP contribution in [0, 0.1) is 17.8 Å². The number of rotatable bonds is 8. The molecule has 1 nitrogen and oxygen atoms in total. The minimum absolute atomic E-state index is 0.702. The van der Waals surface area contributed by atoms with Gasteiger partial charge in [0.25, 0.3) is 0 Å². The van der Waals surface area contributed by atoms with Crippen LogP contribution in [0.5, 0.6) is 0 Å². The van der Waals surface area contributed by atoms with Crippen LogP contribution < -0.4 is 0 Å². The summed E-state index contributed by atoms with van der Waals surface area (Å²) in [6.45, 7) is 9.28. The molecule has 3 rings (SSSR count). The molecular weight excluding hydrogens is 326 g/mol. The molecule has 0 fully saturated rings. The molecule has 0 saturated heterocycles. The summed E-state index contributed by atoms with van der Waals surface area (Å²) in [6, 6.07) is 11.8. The SMILES string of the molecule is CCc1ccc(CCC(C)Cc2ccc3c(c2)CCC(CC(C)C)C3)nc1. The number of pyridine rings is 1. The van der Waals surface area contributed by atoms with Crippen LogP contribution in [0.3, 0.4) is 0 Å². The van der Waals surface area contributed by atoms with Crippen molar-refractivity contribution in [2.45, 2.75) is 79.1 Å². The summed E-state index contributed by atoms with van der Waals surface area (Å²) in [5.74, 6) is 2.42. The van der Waals surface area contributed by atoms with Crippen LogP contribution in [0.2, 0.25) is 0 Å². The zero-order chi connectivity index (χ0) is 19.2. The van der Waals surface area contributed by atoms with E-state index in [1.807, 2.05) is 6.20 Å². The van der Waals surface area contributed by atoms with E-state index in [9.17, 15) is 0 Å². The van der Waals surface area contributed by atoms with Gasteiger partial charge in [-0.05, 0) is 97.4 Å². The number of nitrogens with zero attached hydrogens (tertiary/aromatic N) is 1. The van der Waals surface area contributed by atoms with Gasteiger partial charge >= 0.3 is 0 Å². The first-order chi connectivity index (χ1) is 13.0. The maximum Gasteiger partial charge on any atom is 0.0403 e. The summed E-state index contributed by atoms with van der Waals surface area (Å²) in [4.78, 5) is 4.61. The molecule has 1 heterocycles. The Morgan fingerprint density at radius 1 is 1.04 bits per heavy atom. The second-order valence-corrected chi connectivity index (χ2v) is 9.20. The predicted octanol–water partition coefficient (Wildman–Crippen LogP) is 6.61. The Hall–Kier alpha value is -1.63. The minimum atomic E-state index is 0.702. The maximum absolute atomic E-state index is 4.61. The summed E-state index contributed by atoms with van der Waals surface area (Å²) >= 11 is 0. The van der Waals surface area contributed by atoms with Crippen molar-refractivity contribution in [2.24, 2.45) is 17.8 Å². The third-order valence-corrected chi connectivity index (χ3v) is 6.18. The number of benzene rings is 1. The van der Waals surface area contributed by atoms with Crippen LogP contribution in [0.4, 0.5) is 0 Å². The molecular formula is C26H37N. The fourth-order valence-corrected chi connectivity index (χ4v) is 4.59. The lowest BCUT2D eigenvalue weighted by Gasteiger charge is -2.26. The number of fused-ring (bicyclic) bond motifs is 1. The van der Waals surface area contributed by atoms with Crippen LogP contribution in [0.1, 0.15) is 74.9 Å². The van der Waals surface area contributed by atoms with Gasteiger partial charge in [0.05, 0.1) is 0 Å². The molecule has 1 heteroatoms. The van der Waals surface area contributed by atoms with Crippen molar-refractivity contribution in [3.8, 4) is 0 Å². The highest BCUT2D eigenvalue weighted by Gasteiger charge is 2.20. The van der Waals surface area contributed by atoms with E-state index >= 15 is 0 Å². The van der Waals surface area contributed by atoms with Gasteiger partial charge in [0, 0.05) is 11.9 Å². The fourth-order valence-electron chi connectivity index (χ4n) is 4.59. The average molecular weight is 364 g/mol. The molecule has 0 bridgehead atoms. The normalized spacial score (nSPS) is 17.7. The van der Waals surface area contributed by atoms with Crippen LogP contribution in [-0.2, 0) is 32.1 Å². The van der Waals surface area contributed by atoms with Crippen molar-refractivity contribution in [3.05, 3.63) is 64.5 Å². The van der Waals surface area contributed by atoms with Gasteiger partial charge in [-0.15, -0.1) is 0 Å². The van der Waals surface area contributed by atoms with Crippen molar-refractivity contribution in [2.75, 3.05) is 0 Å². The van der Waals surface area contributed by atoms with E-state index in [4.69, 9.17) is 0 Å². The first-order valence-corrected chi connectivity index (χ1v) is 11.1. The Labute approximate surface area is 166 Å². The predicted molar refractivity (Wildman–Crippen MR) is 116 cm³/mol. The first-order valence-electron chi connectivity index (χ1n) is 11.1. The van der Waals surface area contributed by atoms with E-state index < -0.39 is 0 Å². The Bertz CT molecular complexity index is 713. The molecule has 1 aliphatic carbocycles. The Kier molecular flexibility index (Phi) is 7.10. The molecule has 2 aromatic rings. The highest BCUT2D eigenvalue weighted by atomic mass is 14.7. The van der Waals surface area contributed by atoms with Gasteiger partial charge in [0.15, 0.2) is 0 Å². The average Bonchev–Trinajstić information content (AvgIpc) is 2.66. The lowest BCUT2D eigenvalue weighted by atomic mass is 9.79. The molecule has 2 atom stereocenters. The third-order valence-electron chi connectivity index (χ3n) is 6.18. The quantitative estimate of drug-likeness (QED) is 0.514. The Morgan fingerprint density at radius 2 is 1.85 bits per heavy atom. The van der Waals surface area contributed by atoms with E-state index in [1.54, 1.807) is 11.1 Å². The van der Waals surface area contributed by atoms with Gasteiger partial charge in [-0.25, -0.2) is 0 Å². The standard InChI is InChI=1S/C26H37N/c1-5-21-9-13-26(27-18-21)12-6-20(4)15-23-8-11-24-16-22(14-19(2)3)7-10-25(24)17-23/h8-9,11,13,17-20,22H,5-7,10,12,14-16H2,1-4H3. The van der Waals surface area contributed by atoms with Crippen molar-refractivity contribution in [3.63, 3.8) is 0 Å². The van der Waals surface area contributed by atoms with E-state index in [0.717, 1.165) is 24.7 Å². The smallest absolute Gasteiger partial charge is 0.0403 e. The molecule has 1 aromatic heterocycles. The van der Waals surface area contributed by atoms with Gasteiger partial charge in [-0.2, -0.15) is 0 Å². The summed E-state index contributed by atoms with van der Waals surface area (Å²) in [5.41, 5.74) is 7.33. The van der Waals surface area contributed by atoms with E-state index in [-0.39, 0.29) is 0 Å². The molecule has 146 valence electrons. The molecule has 2 unspecified atom stereocenters. The zero-order valence-corrected chi connectivity index (χ0v) is 17.8. The molecule has 0 radical (unpaired) electrons. The van der Waals surface area contributed by atoms with E-state index in [2.05, 4.69) is 63.0 Å². The van der Waals surface area contributed by atoms with Crippen LogP contribution in [0.25, 0.3) is 0 Å². The number of hydrogen-bond donors (Lipinski definition) is 0. The fraction of sp³-hybridized carbons (Fsp3) is 0.577. The number of aryl methyl sites for hydroxylation is 3. The molecule has 1 aliphatic rings. The summed E-state index contributed by atoms with van der Waals surface area (Å²) in [6.07, 6.45) is 11.9. The highest BCUT2D eigenvalue weighted by molar-refractivity contribution is 5.34. The number of aromatic nitrogens is 1. The van der Waals surface area contributed by atoms with Crippen LogP contribution in [-0.4, -0.2) is 4.98 Å². The van der Waals surface area contributed by atoms with Gasteiger partial charge in [0.2, 0.25) is 0 Å². The number of hydrogen-bond acceptors (Lipinski definition) is 1. The van der Waals surface area contributed by atoms with Crippen molar-refractivity contribution >= 4 is 0 Å². The van der Waals surface area contributed by atoms with E-state index in [1.165, 1.54) is 55.3 Å². The molecule has 27 heavy (non-hydrogen) atoms. The van der Waals surface area contributed by atoms with E-state index in [0.29, 0.717) is 5.92 Å². The lowest BCUT2D eigenvalue weighted by Crippen LogP contribution is -2.16. The second-order valence-electron chi connectivity index (χ2n) is 9.20. The zero-order valence-electron chi connectivity index (χ0n) is 17.8. The summed E-state index contributed by atoms with van der Waals surface area (Å²) in [7, 11) is 0. The largest absolute Gasteiger partial charge is 0.261 e. The van der Waals surface area contributed by atoms with Crippen LogP contribution >= 0.6 is 0 Å². The van der Waals surface area contributed by atoms with Crippen molar-refractivity contribution < 1.29 is 0 Å². The summed E-state index contributed by atoms with van der Waals surface area (Å²) in [5, 5.41) is 0. The summed E-state index contributed by atoms with van der Waals surface area (Å²) < 4.78 is 0. The van der Waals surface area contributed by atoms with Gasteiger partial charge < -0.3 is 0 Å². The van der Waals surface area contributed by atoms with Crippen molar-refractivity contribution in [1.82, 2.24) is 4.98 Å². The molecule has 0 aliphatic heterocycles. The minimum Gasteiger partial charge on any atom is -0.261 e. The highest BCUT2D eigenvalue weighted by Crippen LogP contribution is 2.30. The second kappa shape index (κ2) is 9.53. The topological polar surface area (TPSA) is 12.9 Å². The monoisotopic (exact) mass is 363 g/mol. The Morgan fingerprint density at radius 3 is 2.56 bits per heavy atom. The lowest BCUT2D eigenvalue weighted by molar-refractivity contribution is 0.370. The van der Waals surface area contributed by atoms with Gasteiger partial charge in [-0.3, -0.25) is 4.98 Å². The molecule has 1 aromatic carbocycles. The van der Waals surface area contributed by atoms with Gasteiger partial charge in [-0.1, -0.05) is 52.0 Å². The van der Waals surface area contributed by atoms with Crippen LogP contribution in [0.15, 0.2) is 36.5 Å². The third kappa shape index (κ3) is 5.92. The van der Waals surface area contributed by atoms with Crippen molar-refractivity contribution in [1.29, 1.82) is 0 Å². The maximum atomic E-state index is 4.61. The molecule has 0 amide bonds. The Balaban J connectivity index is 1.51. The molecule has 0 spiro atoms. The molecule has 0 N–H and O–H groups in total. The first kappa shape index (κ1) is 20.1.